The van der Waals surface area contributed by atoms with E-state index in [0.29, 0.717) is 36.1 Å². The summed E-state index contributed by atoms with van der Waals surface area (Å²) in [4.78, 5) is 11.1. The number of carbonyl (C=O) groups is 1. The summed E-state index contributed by atoms with van der Waals surface area (Å²) in [5.74, 6) is -1.09. The van der Waals surface area contributed by atoms with Crippen LogP contribution in [0.25, 0.3) is 11.1 Å². The standard InChI is InChI=1S/C22H20F3N3O4S/c23-22(24,25)16-9-15(14-5-2-1-3-6-14)10-17(11-16)28(33(31)32)20-8-4-7-19-18(20)12-26-27(19)13-21(29)30/h1-3,5-6,9-12,20H,4,7-8,13H2,(H,29,30)(H,31,32). The summed E-state index contributed by atoms with van der Waals surface area (Å²) >= 11 is -2.65. The first kappa shape index (κ1) is 23.0. The molecule has 3 aromatic rings. The van der Waals surface area contributed by atoms with Crippen LogP contribution in [0.5, 0.6) is 0 Å². The van der Waals surface area contributed by atoms with E-state index in [1.54, 1.807) is 30.3 Å². The Kier molecular flexibility index (Phi) is 6.26. The number of hydrogen-bond acceptors (Lipinski definition) is 3. The fraction of sp³-hybridized carbons (Fsp3) is 0.273. The number of hydrogen-bond donors (Lipinski definition) is 2. The average molecular weight is 479 g/mol. The van der Waals surface area contributed by atoms with E-state index in [1.165, 1.54) is 16.9 Å². The summed E-state index contributed by atoms with van der Waals surface area (Å²) < 4.78 is 66.1. The molecule has 0 amide bonds. The van der Waals surface area contributed by atoms with Gasteiger partial charge in [0.2, 0.25) is 0 Å². The molecular formula is C22H20F3N3O4S. The lowest BCUT2D eigenvalue weighted by atomic mass is 9.92. The van der Waals surface area contributed by atoms with E-state index in [0.717, 1.165) is 16.4 Å². The van der Waals surface area contributed by atoms with E-state index in [2.05, 4.69) is 5.10 Å². The van der Waals surface area contributed by atoms with E-state index in [1.807, 2.05) is 0 Å². The van der Waals surface area contributed by atoms with Crippen molar-refractivity contribution in [3.63, 3.8) is 0 Å². The number of benzene rings is 2. The molecule has 1 aliphatic rings. The van der Waals surface area contributed by atoms with Crippen LogP contribution in [0.1, 0.15) is 35.7 Å². The highest BCUT2D eigenvalue weighted by molar-refractivity contribution is 7.80. The minimum Gasteiger partial charge on any atom is -0.480 e. The molecule has 0 bridgehead atoms. The molecule has 174 valence electrons. The molecule has 11 heteroatoms. The van der Waals surface area contributed by atoms with E-state index in [9.17, 15) is 26.7 Å². The summed E-state index contributed by atoms with van der Waals surface area (Å²) in [6.07, 6.45) is -1.76. The predicted octanol–water partition coefficient (Wildman–Crippen LogP) is 4.67. The second-order valence-corrected chi connectivity index (χ2v) is 8.55. The lowest BCUT2D eigenvalue weighted by molar-refractivity contribution is -0.138. The van der Waals surface area contributed by atoms with Crippen LogP contribution in [-0.2, 0) is 35.2 Å². The smallest absolute Gasteiger partial charge is 0.416 e. The van der Waals surface area contributed by atoms with Crippen molar-refractivity contribution in [1.82, 2.24) is 9.78 Å². The molecule has 7 nitrogen and oxygen atoms in total. The first-order valence-electron chi connectivity index (χ1n) is 10.1. The van der Waals surface area contributed by atoms with Gasteiger partial charge in [0.1, 0.15) is 6.54 Å². The normalized spacial score (nSPS) is 16.8. The van der Waals surface area contributed by atoms with Crippen LogP contribution >= 0.6 is 0 Å². The third-order valence-electron chi connectivity index (χ3n) is 5.57. The monoisotopic (exact) mass is 479 g/mol. The Hall–Kier alpha value is -3.18. The van der Waals surface area contributed by atoms with Gasteiger partial charge in [0, 0.05) is 11.3 Å². The first-order chi connectivity index (χ1) is 15.6. The molecule has 33 heavy (non-hydrogen) atoms. The summed E-state index contributed by atoms with van der Waals surface area (Å²) in [6, 6.07) is 11.0. The van der Waals surface area contributed by atoms with Crippen molar-refractivity contribution < 1.29 is 31.8 Å². The number of anilines is 1. The third-order valence-corrected chi connectivity index (χ3v) is 6.38. The van der Waals surface area contributed by atoms with Gasteiger partial charge in [-0.2, -0.15) is 18.3 Å². The minimum absolute atomic E-state index is 0.0617. The lowest BCUT2D eigenvalue weighted by Gasteiger charge is -2.33. The van der Waals surface area contributed by atoms with Gasteiger partial charge in [-0.1, -0.05) is 30.3 Å². The van der Waals surface area contributed by atoms with Gasteiger partial charge in [-0.25, -0.2) is 4.21 Å². The van der Waals surface area contributed by atoms with E-state index in [-0.39, 0.29) is 17.8 Å². The average Bonchev–Trinajstić information content (AvgIpc) is 3.16. The molecule has 2 N–H and O–H groups in total. The molecule has 2 aromatic carbocycles. The number of aliphatic carboxylic acids is 1. The zero-order valence-corrected chi connectivity index (χ0v) is 18.0. The second-order valence-electron chi connectivity index (χ2n) is 7.69. The number of fused-ring (bicyclic) bond motifs is 1. The van der Waals surface area contributed by atoms with Crippen molar-refractivity contribution in [1.29, 1.82) is 0 Å². The minimum atomic E-state index is -4.66. The van der Waals surface area contributed by atoms with Crippen LogP contribution in [0.2, 0.25) is 0 Å². The Morgan fingerprint density at radius 3 is 2.55 bits per heavy atom. The summed E-state index contributed by atoms with van der Waals surface area (Å²) in [5, 5.41) is 13.2. The van der Waals surface area contributed by atoms with Crippen molar-refractivity contribution in [2.45, 2.75) is 38.0 Å². The molecule has 0 aliphatic heterocycles. The summed E-state index contributed by atoms with van der Waals surface area (Å²) in [7, 11) is 0. The molecular weight excluding hydrogens is 459 g/mol. The highest BCUT2D eigenvalue weighted by Crippen LogP contribution is 2.41. The van der Waals surface area contributed by atoms with Crippen molar-refractivity contribution in [3.05, 3.63) is 71.5 Å². The summed E-state index contributed by atoms with van der Waals surface area (Å²) in [6.45, 7) is -0.369. The van der Waals surface area contributed by atoms with Crippen molar-refractivity contribution in [2.24, 2.45) is 0 Å². The van der Waals surface area contributed by atoms with Gasteiger partial charge in [-0.05, 0) is 48.6 Å². The van der Waals surface area contributed by atoms with E-state index >= 15 is 0 Å². The Balaban J connectivity index is 1.84. The SMILES string of the molecule is O=C(O)Cn1ncc2c1CCCC2N(c1cc(-c2ccccc2)cc(C(F)(F)F)c1)S(=O)O. The lowest BCUT2D eigenvalue weighted by Crippen LogP contribution is -2.33. The molecule has 1 aromatic heterocycles. The zero-order valence-electron chi connectivity index (χ0n) is 17.2. The fourth-order valence-corrected chi connectivity index (χ4v) is 4.90. The number of carboxylic acid groups (broad SMARTS) is 1. The van der Waals surface area contributed by atoms with E-state index < -0.39 is 35.0 Å². The van der Waals surface area contributed by atoms with E-state index in [4.69, 9.17) is 5.11 Å². The third kappa shape index (κ3) is 4.79. The molecule has 2 unspecified atom stereocenters. The molecule has 4 rings (SSSR count). The predicted molar refractivity (Wildman–Crippen MR) is 116 cm³/mol. The van der Waals surface area contributed by atoms with Gasteiger partial charge in [-0.3, -0.25) is 18.3 Å². The Morgan fingerprint density at radius 1 is 1.18 bits per heavy atom. The first-order valence-corrected chi connectivity index (χ1v) is 11.2. The molecule has 0 fully saturated rings. The Morgan fingerprint density at radius 2 is 1.91 bits per heavy atom. The quantitative estimate of drug-likeness (QED) is 0.501. The number of rotatable bonds is 6. The van der Waals surface area contributed by atoms with Gasteiger partial charge in [0.05, 0.1) is 23.5 Å². The van der Waals surface area contributed by atoms with Gasteiger partial charge < -0.3 is 5.11 Å². The number of halogens is 3. The topological polar surface area (TPSA) is 95.7 Å². The fourth-order valence-electron chi connectivity index (χ4n) is 4.18. The van der Waals surface area contributed by atoms with Gasteiger partial charge >= 0.3 is 12.1 Å². The molecule has 2 atom stereocenters. The summed E-state index contributed by atoms with van der Waals surface area (Å²) in [5.41, 5.74) is 0.920. The van der Waals surface area contributed by atoms with Crippen molar-refractivity contribution in [2.75, 3.05) is 4.31 Å². The van der Waals surface area contributed by atoms with Crippen LogP contribution in [-0.4, -0.2) is 29.6 Å². The van der Waals surface area contributed by atoms with Crippen LogP contribution in [0, 0.1) is 0 Å². The highest BCUT2D eigenvalue weighted by Gasteiger charge is 2.36. The van der Waals surface area contributed by atoms with Crippen molar-refractivity contribution >= 4 is 22.9 Å². The molecule has 0 radical (unpaired) electrons. The molecule has 0 saturated carbocycles. The van der Waals surface area contributed by atoms with Crippen LogP contribution in [0.4, 0.5) is 18.9 Å². The van der Waals surface area contributed by atoms with Crippen LogP contribution < -0.4 is 4.31 Å². The number of alkyl halides is 3. The van der Waals surface area contributed by atoms with Gasteiger partial charge in [0.15, 0.2) is 0 Å². The van der Waals surface area contributed by atoms with Crippen molar-refractivity contribution in [3.8, 4) is 11.1 Å². The molecule has 1 heterocycles. The number of aromatic nitrogens is 2. The zero-order chi connectivity index (χ0) is 23.8. The number of carboxylic acids is 1. The highest BCUT2D eigenvalue weighted by atomic mass is 32.2. The van der Waals surface area contributed by atoms with Gasteiger partial charge in [-0.15, -0.1) is 0 Å². The van der Waals surface area contributed by atoms with Gasteiger partial charge in [0.25, 0.3) is 11.3 Å². The maximum atomic E-state index is 13.7. The maximum Gasteiger partial charge on any atom is 0.416 e. The second kappa shape index (κ2) is 8.99. The molecule has 1 aliphatic carbocycles. The van der Waals surface area contributed by atoms with Crippen LogP contribution in [0.3, 0.4) is 0 Å². The Labute approximate surface area is 189 Å². The Bertz CT molecular complexity index is 1200. The van der Waals surface area contributed by atoms with Crippen LogP contribution in [0.15, 0.2) is 54.7 Å². The number of nitrogens with zero attached hydrogens (tertiary/aromatic N) is 3. The molecule has 0 saturated heterocycles. The largest absolute Gasteiger partial charge is 0.480 e. The molecule has 0 spiro atoms. The maximum absolute atomic E-state index is 13.7.